The summed E-state index contributed by atoms with van der Waals surface area (Å²) in [5.41, 5.74) is 2.87. The number of aromatic nitrogens is 4. The number of benzene rings is 3. The number of ether oxygens (including phenoxy) is 2. The van der Waals surface area contributed by atoms with Gasteiger partial charge in [-0.05, 0) is 42.5 Å². The molecular formula is C29H29N7O3. The SMILES string of the molecule is COc1ccc(-c2nnc3c4ccccc4c(Nc4cccc(C(=O)NCCN5CCOCC5)c4)nn23)cc1. The van der Waals surface area contributed by atoms with Gasteiger partial charge in [-0.25, -0.2) is 0 Å². The third-order valence-corrected chi connectivity index (χ3v) is 6.82. The number of morpholine rings is 1. The van der Waals surface area contributed by atoms with Gasteiger partial charge in [-0.3, -0.25) is 9.69 Å². The molecule has 1 fully saturated rings. The van der Waals surface area contributed by atoms with Crippen molar-refractivity contribution in [2.24, 2.45) is 0 Å². The molecule has 3 aromatic carbocycles. The van der Waals surface area contributed by atoms with Gasteiger partial charge in [0.15, 0.2) is 17.3 Å². The van der Waals surface area contributed by atoms with Crippen molar-refractivity contribution >= 4 is 33.8 Å². The molecule has 5 aromatic rings. The summed E-state index contributed by atoms with van der Waals surface area (Å²) in [6.07, 6.45) is 0. The minimum atomic E-state index is -0.110. The van der Waals surface area contributed by atoms with Gasteiger partial charge in [0.05, 0.1) is 20.3 Å². The number of hydrogen-bond donors (Lipinski definition) is 2. The van der Waals surface area contributed by atoms with Crippen LogP contribution in [0.4, 0.5) is 11.5 Å². The fraction of sp³-hybridized carbons (Fsp3) is 0.241. The number of carbonyl (C=O) groups is 1. The summed E-state index contributed by atoms with van der Waals surface area (Å²) in [6, 6.07) is 23.0. The standard InChI is InChI=1S/C29H29N7O3/c1-38-23-11-9-20(10-12-23)27-32-33-28-25-8-3-2-7-24(25)26(34-36(27)28)31-22-6-4-5-21(19-22)29(37)30-13-14-35-15-17-39-18-16-35/h2-12,19H,13-18H2,1H3,(H,30,37)(H,31,34). The first-order valence-corrected chi connectivity index (χ1v) is 12.9. The first kappa shape index (κ1) is 24.8. The van der Waals surface area contributed by atoms with Crippen LogP contribution in [0.1, 0.15) is 10.4 Å². The highest BCUT2D eigenvalue weighted by molar-refractivity contribution is 6.01. The van der Waals surface area contributed by atoms with E-state index in [1.807, 2.05) is 72.8 Å². The maximum Gasteiger partial charge on any atom is 0.251 e. The van der Waals surface area contributed by atoms with Crippen molar-refractivity contribution in [3.05, 3.63) is 78.4 Å². The second-order valence-electron chi connectivity index (χ2n) is 9.30. The zero-order valence-electron chi connectivity index (χ0n) is 21.6. The number of anilines is 2. The van der Waals surface area contributed by atoms with Crippen LogP contribution in [0.15, 0.2) is 72.8 Å². The van der Waals surface area contributed by atoms with E-state index in [1.54, 1.807) is 11.6 Å². The fourth-order valence-corrected chi connectivity index (χ4v) is 4.72. The number of methoxy groups -OCH3 is 1. The van der Waals surface area contributed by atoms with Gasteiger partial charge in [0.2, 0.25) is 0 Å². The van der Waals surface area contributed by atoms with Gasteiger partial charge in [-0.15, -0.1) is 15.3 Å². The van der Waals surface area contributed by atoms with Gasteiger partial charge in [0, 0.05) is 53.8 Å². The van der Waals surface area contributed by atoms with E-state index >= 15 is 0 Å². The van der Waals surface area contributed by atoms with E-state index in [0.717, 1.165) is 60.6 Å². The van der Waals surface area contributed by atoms with E-state index in [4.69, 9.17) is 14.6 Å². The first-order valence-electron chi connectivity index (χ1n) is 12.9. The van der Waals surface area contributed by atoms with E-state index < -0.39 is 0 Å². The van der Waals surface area contributed by atoms with Crippen LogP contribution in [0.2, 0.25) is 0 Å². The van der Waals surface area contributed by atoms with Gasteiger partial charge in [0.1, 0.15) is 5.75 Å². The minimum Gasteiger partial charge on any atom is -0.497 e. The van der Waals surface area contributed by atoms with Crippen molar-refractivity contribution in [3.63, 3.8) is 0 Å². The molecule has 0 bridgehead atoms. The van der Waals surface area contributed by atoms with Crippen LogP contribution in [0, 0.1) is 0 Å². The topological polar surface area (TPSA) is 106 Å². The Morgan fingerprint density at radius 3 is 2.56 bits per heavy atom. The minimum absolute atomic E-state index is 0.110. The first-order chi connectivity index (χ1) is 19.2. The van der Waals surface area contributed by atoms with Gasteiger partial charge >= 0.3 is 0 Å². The summed E-state index contributed by atoms with van der Waals surface area (Å²) in [6.45, 7) is 4.67. The molecular weight excluding hydrogens is 494 g/mol. The van der Waals surface area contributed by atoms with E-state index in [9.17, 15) is 4.79 Å². The van der Waals surface area contributed by atoms with Crippen LogP contribution in [0.25, 0.3) is 27.8 Å². The van der Waals surface area contributed by atoms with Crippen molar-refractivity contribution in [2.75, 3.05) is 51.8 Å². The van der Waals surface area contributed by atoms with Gasteiger partial charge in [0.25, 0.3) is 5.91 Å². The Balaban J connectivity index is 1.27. The normalized spacial score (nSPS) is 14.0. The van der Waals surface area contributed by atoms with Crippen LogP contribution >= 0.6 is 0 Å². The van der Waals surface area contributed by atoms with E-state index in [1.165, 1.54) is 0 Å². The molecule has 0 radical (unpaired) electrons. The summed E-state index contributed by atoms with van der Waals surface area (Å²) < 4.78 is 12.4. The Labute approximate surface area is 225 Å². The van der Waals surface area contributed by atoms with Crippen molar-refractivity contribution in [3.8, 4) is 17.1 Å². The van der Waals surface area contributed by atoms with Crippen molar-refractivity contribution in [1.29, 1.82) is 0 Å². The van der Waals surface area contributed by atoms with E-state index in [2.05, 4.69) is 25.7 Å². The molecule has 39 heavy (non-hydrogen) atoms. The fourth-order valence-electron chi connectivity index (χ4n) is 4.72. The molecule has 0 spiro atoms. The molecule has 0 atom stereocenters. The van der Waals surface area contributed by atoms with Crippen molar-refractivity contribution in [1.82, 2.24) is 30.0 Å². The number of nitrogens with one attached hydrogen (secondary N) is 2. The molecule has 3 heterocycles. The molecule has 6 rings (SSSR count). The summed E-state index contributed by atoms with van der Waals surface area (Å²) in [7, 11) is 1.64. The molecule has 1 aliphatic rings. The number of nitrogens with zero attached hydrogens (tertiary/aromatic N) is 5. The number of rotatable bonds is 8. The Morgan fingerprint density at radius 2 is 1.77 bits per heavy atom. The predicted molar refractivity (Wildman–Crippen MR) is 150 cm³/mol. The summed E-state index contributed by atoms with van der Waals surface area (Å²) in [5.74, 6) is 1.91. The Kier molecular flexibility index (Phi) is 7.03. The quantitative estimate of drug-likeness (QED) is 0.317. The van der Waals surface area contributed by atoms with Gasteiger partial charge in [-0.2, -0.15) is 4.52 Å². The van der Waals surface area contributed by atoms with Gasteiger partial charge in [-0.1, -0.05) is 30.3 Å². The average molecular weight is 524 g/mol. The van der Waals surface area contributed by atoms with Crippen molar-refractivity contribution < 1.29 is 14.3 Å². The Morgan fingerprint density at radius 1 is 0.974 bits per heavy atom. The highest BCUT2D eigenvalue weighted by atomic mass is 16.5. The average Bonchev–Trinajstić information content (AvgIpc) is 3.42. The second kappa shape index (κ2) is 11.1. The molecule has 2 aromatic heterocycles. The molecule has 10 nitrogen and oxygen atoms in total. The van der Waals surface area contributed by atoms with Crippen LogP contribution in [0.5, 0.6) is 5.75 Å². The molecule has 0 aliphatic carbocycles. The van der Waals surface area contributed by atoms with Gasteiger partial charge < -0.3 is 20.1 Å². The summed E-state index contributed by atoms with van der Waals surface area (Å²) in [4.78, 5) is 15.2. The maximum absolute atomic E-state index is 12.9. The lowest BCUT2D eigenvalue weighted by atomic mass is 10.1. The van der Waals surface area contributed by atoms with Crippen LogP contribution < -0.4 is 15.4 Å². The molecule has 0 unspecified atom stereocenters. The third kappa shape index (κ3) is 5.25. The van der Waals surface area contributed by atoms with E-state index in [-0.39, 0.29) is 5.91 Å². The molecule has 198 valence electrons. The van der Waals surface area contributed by atoms with Crippen LogP contribution in [0.3, 0.4) is 0 Å². The zero-order valence-corrected chi connectivity index (χ0v) is 21.6. The molecule has 0 saturated carbocycles. The molecule has 2 N–H and O–H groups in total. The number of amides is 1. The number of hydrogen-bond acceptors (Lipinski definition) is 8. The van der Waals surface area contributed by atoms with E-state index in [0.29, 0.717) is 29.4 Å². The zero-order chi connectivity index (χ0) is 26.6. The largest absolute Gasteiger partial charge is 0.497 e. The highest BCUT2D eigenvalue weighted by Crippen LogP contribution is 2.30. The predicted octanol–water partition coefficient (Wildman–Crippen LogP) is 3.76. The summed E-state index contributed by atoms with van der Waals surface area (Å²) in [5, 5.41) is 22.0. The Hall–Kier alpha value is -4.54. The number of fused-ring (bicyclic) bond motifs is 3. The molecule has 1 amide bonds. The monoisotopic (exact) mass is 523 g/mol. The number of carbonyl (C=O) groups excluding carboxylic acids is 1. The summed E-state index contributed by atoms with van der Waals surface area (Å²) >= 11 is 0. The van der Waals surface area contributed by atoms with Crippen LogP contribution in [-0.2, 0) is 4.74 Å². The second-order valence-corrected chi connectivity index (χ2v) is 9.30. The lowest BCUT2D eigenvalue weighted by Crippen LogP contribution is -2.41. The molecule has 1 aliphatic heterocycles. The van der Waals surface area contributed by atoms with Crippen LogP contribution in [-0.4, -0.2) is 77.1 Å². The maximum atomic E-state index is 12.9. The lowest BCUT2D eigenvalue weighted by molar-refractivity contribution is 0.0383. The highest BCUT2D eigenvalue weighted by Gasteiger charge is 2.16. The smallest absolute Gasteiger partial charge is 0.251 e. The van der Waals surface area contributed by atoms with Crippen molar-refractivity contribution in [2.45, 2.75) is 0 Å². The molecule has 10 heteroatoms. The molecule has 1 saturated heterocycles. The lowest BCUT2D eigenvalue weighted by Gasteiger charge is -2.26. The third-order valence-electron chi connectivity index (χ3n) is 6.82. The Bertz CT molecular complexity index is 1610.